The summed E-state index contributed by atoms with van der Waals surface area (Å²) in [7, 11) is -1.67. The molecule has 2 saturated heterocycles. The van der Waals surface area contributed by atoms with Gasteiger partial charge in [-0.25, -0.2) is 4.98 Å². The maximum absolute atomic E-state index is 12.8. The van der Waals surface area contributed by atoms with E-state index in [2.05, 4.69) is 20.9 Å². The minimum Gasteiger partial charge on any atom is -0.480 e. The summed E-state index contributed by atoms with van der Waals surface area (Å²) in [5.41, 5.74) is 0.165. The Hall–Kier alpha value is -5.27. The van der Waals surface area contributed by atoms with Gasteiger partial charge in [0.25, 0.3) is 5.91 Å². The second-order valence-corrected chi connectivity index (χ2v) is 15.1. The average molecular weight is 864 g/mol. The lowest BCUT2D eigenvalue weighted by Gasteiger charge is -2.35. The highest BCUT2D eigenvalue weighted by Gasteiger charge is 2.38. The molecule has 24 heteroatoms. The number of nitrogens with one attached hydrogen (secondary N) is 3. The van der Waals surface area contributed by atoms with Crippen LogP contribution >= 0.6 is 0 Å². The van der Waals surface area contributed by atoms with Crippen molar-refractivity contribution < 1.29 is 68.8 Å². The molecular weight excluding hydrogens is 805 g/mol. The molecule has 2 aliphatic rings. The van der Waals surface area contributed by atoms with Gasteiger partial charge in [0, 0.05) is 84.5 Å². The monoisotopic (exact) mass is 863 g/mol. The third-order valence-corrected chi connectivity index (χ3v) is 10.4. The molecule has 0 aliphatic carbocycles. The quantitative estimate of drug-likeness (QED) is 0.0409. The van der Waals surface area contributed by atoms with Crippen LogP contribution in [-0.4, -0.2) is 224 Å². The van der Waals surface area contributed by atoms with Gasteiger partial charge < -0.3 is 51.3 Å². The number of nitrogens with zero attached hydrogens (tertiary/aromatic N) is 6. The number of hydrogen-bond acceptors (Lipinski definition) is 16. The van der Waals surface area contributed by atoms with Gasteiger partial charge in [-0.05, 0) is 44.7 Å². The second-order valence-electron chi connectivity index (χ2n) is 15.1. The molecule has 3 heterocycles. The lowest BCUT2D eigenvalue weighted by atomic mass is 9.78. The third kappa shape index (κ3) is 18.1. The third-order valence-electron chi connectivity index (χ3n) is 10.4. The maximum atomic E-state index is 12.8. The van der Waals surface area contributed by atoms with E-state index in [9.17, 15) is 68.8 Å². The van der Waals surface area contributed by atoms with Crippen molar-refractivity contribution in [2.24, 2.45) is 0 Å². The molecule has 2 fully saturated rings. The predicted molar refractivity (Wildman–Crippen MR) is 216 cm³/mol. The van der Waals surface area contributed by atoms with E-state index in [4.69, 9.17) is 0 Å². The molecule has 2 aliphatic heterocycles. The van der Waals surface area contributed by atoms with Crippen LogP contribution in [0, 0.1) is 0 Å². The molecule has 1 aromatic rings. The molecular formula is C37H58BN9O14. The number of carboxylic acid groups (broad SMARTS) is 4. The number of hydrogen-bond donors (Lipinski definition) is 9. The molecule has 0 unspecified atom stereocenters. The Morgan fingerprint density at radius 1 is 0.787 bits per heavy atom. The molecule has 23 nitrogen and oxygen atoms in total. The first-order valence-electron chi connectivity index (χ1n) is 20.2. The molecule has 3 amide bonds. The molecule has 3 rings (SSSR count). The Morgan fingerprint density at radius 3 is 1.84 bits per heavy atom. The SMILES string of the molecule is C[C@@H](NC(=O)c1ccc(NCC(=O)CCCNC(=O)CC[C@H](C(=O)O)N2CCN(CC(=O)O)CCN(CC(=O)O)CCN(CC(=O)O)CC2)nc1)C(=O)N1CCC[C@H]1B(O)O. The summed E-state index contributed by atoms with van der Waals surface area (Å²) in [6, 6.07) is 0.874. The Morgan fingerprint density at radius 2 is 1.34 bits per heavy atom. The van der Waals surface area contributed by atoms with E-state index in [1.165, 1.54) is 30.2 Å². The van der Waals surface area contributed by atoms with E-state index in [0.717, 1.165) is 0 Å². The number of pyridine rings is 1. The number of aliphatic carboxylic acids is 4. The number of carbonyl (C=O) groups excluding carboxylic acids is 4. The van der Waals surface area contributed by atoms with Gasteiger partial charge in [-0.1, -0.05) is 0 Å². The Labute approximate surface area is 353 Å². The minimum atomic E-state index is -1.67. The number of carboxylic acids is 4. The minimum absolute atomic E-state index is 0.0807. The summed E-state index contributed by atoms with van der Waals surface area (Å²) in [6.07, 6.45) is 2.46. The number of ketones is 1. The van der Waals surface area contributed by atoms with E-state index >= 15 is 0 Å². The van der Waals surface area contributed by atoms with Crippen molar-refractivity contribution in [1.29, 1.82) is 0 Å². The number of Topliss-reactive ketones (excluding diaryl/α,β-unsaturated/α-hetero) is 1. The molecule has 0 radical (unpaired) electrons. The Bertz CT molecular complexity index is 1640. The summed E-state index contributed by atoms with van der Waals surface area (Å²) in [4.78, 5) is 110. The van der Waals surface area contributed by atoms with Gasteiger partial charge in [-0.2, -0.15) is 0 Å². The number of rotatable bonds is 22. The largest absolute Gasteiger partial charge is 0.480 e. The fourth-order valence-corrected chi connectivity index (χ4v) is 7.12. The molecule has 0 spiro atoms. The smallest absolute Gasteiger partial charge is 0.475 e. The topological polar surface area (TPSA) is 323 Å². The first kappa shape index (κ1) is 50.1. The predicted octanol–water partition coefficient (Wildman–Crippen LogP) is -3.21. The first-order chi connectivity index (χ1) is 28.9. The number of aromatic nitrogens is 1. The summed E-state index contributed by atoms with van der Waals surface area (Å²) >= 11 is 0. The number of amides is 3. The highest BCUT2D eigenvalue weighted by atomic mass is 16.4. The van der Waals surface area contributed by atoms with E-state index in [1.807, 2.05) is 0 Å². The van der Waals surface area contributed by atoms with E-state index < -0.39 is 66.7 Å². The lowest BCUT2D eigenvalue weighted by molar-refractivity contribution is -0.145. The molecule has 61 heavy (non-hydrogen) atoms. The summed E-state index contributed by atoms with van der Waals surface area (Å²) in [5.74, 6) is -6.59. The molecule has 1 aromatic heterocycles. The summed E-state index contributed by atoms with van der Waals surface area (Å²) in [5, 5.41) is 65.7. The van der Waals surface area contributed by atoms with Crippen LogP contribution in [0.5, 0.6) is 0 Å². The lowest BCUT2D eigenvalue weighted by Crippen LogP contribution is -2.52. The van der Waals surface area contributed by atoms with E-state index in [0.29, 0.717) is 31.6 Å². The normalized spacial score (nSPS) is 18.5. The molecule has 9 N–H and O–H groups in total. The van der Waals surface area contributed by atoms with Crippen molar-refractivity contribution in [3.05, 3.63) is 23.9 Å². The van der Waals surface area contributed by atoms with Gasteiger partial charge in [-0.3, -0.25) is 58.0 Å². The van der Waals surface area contributed by atoms with Gasteiger partial charge >= 0.3 is 31.0 Å². The van der Waals surface area contributed by atoms with Crippen LogP contribution in [0.1, 0.15) is 55.8 Å². The van der Waals surface area contributed by atoms with Gasteiger partial charge in [0.15, 0.2) is 5.78 Å². The van der Waals surface area contributed by atoms with Crippen molar-refractivity contribution in [3.8, 4) is 0 Å². The Balaban J connectivity index is 1.45. The first-order valence-corrected chi connectivity index (χ1v) is 20.2. The fourth-order valence-electron chi connectivity index (χ4n) is 7.12. The van der Waals surface area contributed by atoms with Crippen molar-refractivity contribution >= 4 is 60.3 Å². The molecule has 0 aromatic carbocycles. The van der Waals surface area contributed by atoms with Crippen LogP contribution in [-0.2, 0) is 33.6 Å². The molecule has 338 valence electrons. The van der Waals surface area contributed by atoms with Gasteiger partial charge in [0.1, 0.15) is 17.9 Å². The molecule has 0 saturated carbocycles. The van der Waals surface area contributed by atoms with Crippen molar-refractivity contribution in [1.82, 2.24) is 40.1 Å². The van der Waals surface area contributed by atoms with Crippen molar-refractivity contribution in [2.75, 3.05) is 96.9 Å². The van der Waals surface area contributed by atoms with Crippen LogP contribution < -0.4 is 16.0 Å². The zero-order valence-corrected chi connectivity index (χ0v) is 34.3. The van der Waals surface area contributed by atoms with Crippen LogP contribution in [0.25, 0.3) is 0 Å². The number of carbonyl (C=O) groups is 8. The zero-order valence-electron chi connectivity index (χ0n) is 34.3. The van der Waals surface area contributed by atoms with Crippen molar-refractivity contribution in [2.45, 2.75) is 63.5 Å². The van der Waals surface area contributed by atoms with Gasteiger partial charge in [-0.15, -0.1) is 0 Å². The van der Waals surface area contributed by atoms with E-state index in [1.54, 1.807) is 19.6 Å². The second kappa shape index (κ2) is 25.5. The number of likely N-dealkylation sites (tertiary alicyclic amines) is 1. The highest BCUT2D eigenvalue weighted by molar-refractivity contribution is 6.43. The highest BCUT2D eigenvalue weighted by Crippen LogP contribution is 2.19. The number of anilines is 1. The van der Waals surface area contributed by atoms with Crippen LogP contribution in [0.2, 0.25) is 0 Å². The maximum Gasteiger partial charge on any atom is 0.475 e. The Kier molecular flexibility index (Phi) is 20.9. The molecule has 0 bridgehead atoms. The van der Waals surface area contributed by atoms with E-state index in [-0.39, 0.29) is 116 Å². The summed E-state index contributed by atoms with van der Waals surface area (Å²) in [6.45, 7) is 1.96. The van der Waals surface area contributed by atoms with Crippen LogP contribution in [0.15, 0.2) is 18.3 Å². The van der Waals surface area contributed by atoms with Crippen LogP contribution in [0.4, 0.5) is 5.82 Å². The average Bonchev–Trinajstić information content (AvgIpc) is 3.69. The van der Waals surface area contributed by atoms with Gasteiger partial charge in [0.2, 0.25) is 11.8 Å². The zero-order chi connectivity index (χ0) is 45.1. The van der Waals surface area contributed by atoms with Gasteiger partial charge in [0.05, 0.1) is 37.7 Å². The van der Waals surface area contributed by atoms with Crippen LogP contribution in [0.3, 0.4) is 0 Å². The molecule has 3 atom stereocenters. The van der Waals surface area contributed by atoms with Crippen molar-refractivity contribution in [3.63, 3.8) is 0 Å². The fraction of sp³-hybridized carbons (Fsp3) is 0.649. The summed E-state index contributed by atoms with van der Waals surface area (Å²) < 4.78 is 0. The standard InChI is InChI=1S/C37H58BN9O14/c1-25(36(57)47-11-3-5-29(47)38(60)61)42-35(56)26-6-8-30(40-20-26)41-21-27(48)4-2-10-39-31(49)9-7-28(37(58)59)46-18-16-44(23-33(52)53)14-12-43(22-32(50)51)13-15-45(17-19-46)24-34(54)55/h6,8,20,25,28-29,60-61H,2-5,7,9-19,21-24H2,1H3,(H,39,49)(H,40,41)(H,42,56)(H,50,51)(H,52,53)(H,54,55)(H,58,59)/t25-,28-,29+/m1/s1.